The van der Waals surface area contributed by atoms with Crippen LogP contribution in [0.25, 0.3) is 0 Å². The summed E-state index contributed by atoms with van der Waals surface area (Å²) in [6.07, 6.45) is 0. The van der Waals surface area contributed by atoms with Crippen LogP contribution in [0.4, 0.5) is 22.7 Å². The molecule has 0 atom stereocenters. The van der Waals surface area contributed by atoms with Crippen molar-refractivity contribution < 1.29 is 4.48 Å². The molecule has 0 saturated carbocycles. The van der Waals surface area contributed by atoms with Crippen LogP contribution >= 0.6 is 0 Å². The summed E-state index contributed by atoms with van der Waals surface area (Å²) in [6, 6.07) is 15.9. The van der Waals surface area contributed by atoms with Crippen LogP contribution in [0.3, 0.4) is 0 Å². The smallest absolute Gasteiger partial charge is 0.0960 e. The van der Waals surface area contributed by atoms with Crippen LogP contribution in [-0.4, -0.2) is 68.8 Å². The van der Waals surface area contributed by atoms with E-state index in [1.807, 2.05) is 48.5 Å². The van der Waals surface area contributed by atoms with Gasteiger partial charge in [0.05, 0.1) is 33.2 Å². The highest BCUT2D eigenvalue weighted by Crippen LogP contribution is 2.13. The number of piperazine rings is 1. The van der Waals surface area contributed by atoms with E-state index in [0.29, 0.717) is 0 Å². The minimum atomic E-state index is 0.805. The van der Waals surface area contributed by atoms with E-state index in [1.54, 1.807) is 0 Å². The molecule has 0 aliphatic carbocycles. The Morgan fingerprint density at radius 3 is 1.81 bits per heavy atom. The summed E-state index contributed by atoms with van der Waals surface area (Å²) in [4.78, 5) is 2.55. The van der Waals surface area contributed by atoms with Crippen molar-refractivity contribution in [1.29, 1.82) is 0 Å². The summed E-state index contributed by atoms with van der Waals surface area (Å²) >= 11 is 0. The van der Waals surface area contributed by atoms with Gasteiger partial charge in [-0.2, -0.15) is 0 Å². The maximum Gasteiger partial charge on any atom is 0.0960 e. The molecule has 1 heterocycles. The number of rotatable bonds is 8. The van der Waals surface area contributed by atoms with E-state index < -0.39 is 0 Å². The summed E-state index contributed by atoms with van der Waals surface area (Å²) in [6.45, 7) is 8.88. The van der Waals surface area contributed by atoms with Crippen LogP contribution < -0.4 is 22.1 Å². The standard InChI is InChI=1S/C21H33N6/c1-27(15-11-25-21-8-4-19(23)5-9-21)16-13-26(14-17-27)12-10-24-20-6-2-18(22)3-7-20/h2-9,24-25H,10-17,22-23H2,1H3/q+1. The number of nitrogens with two attached hydrogens (primary N) is 2. The van der Waals surface area contributed by atoms with Gasteiger partial charge in [0.2, 0.25) is 0 Å². The van der Waals surface area contributed by atoms with Crippen LogP contribution in [0, 0.1) is 0 Å². The Hall–Kier alpha value is -2.44. The third-order valence-corrected chi connectivity index (χ3v) is 5.47. The molecule has 27 heavy (non-hydrogen) atoms. The van der Waals surface area contributed by atoms with Gasteiger partial charge >= 0.3 is 0 Å². The molecule has 1 saturated heterocycles. The lowest BCUT2D eigenvalue weighted by molar-refractivity contribution is -0.912. The minimum absolute atomic E-state index is 0.805. The number of nitrogens with zero attached hydrogens (tertiary/aromatic N) is 2. The monoisotopic (exact) mass is 369 g/mol. The summed E-state index contributed by atoms with van der Waals surface area (Å²) in [5.41, 5.74) is 15.3. The molecule has 146 valence electrons. The predicted octanol–water partition coefficient (Wildman–Crippen LogP) is 2.14. The Morgan fingerprint density at radius 1 is 0.815 bits per heavy atom. The average molecular weight is 370 g/mol. The van der Waals surface area contributed by atoms with Gasteiger partial charge < -0.3 is 26.6 Å². The van der Waals surface area contributed by atoms with Gasteiger partial charge in [0.1, 0.15) is 0 Å². The predicted molar refractivity (Wildman–Crippen MR) is 116 cm³/mol. The van der Waals surface area contributed by atoms with Crippen molar-refractivity contribution in [2.75, 3.05) is 81.5 Å². The molecule has 2 aromatic rings. The Balaban J connectivity index is 1.33. The maximum absolute atomic E-state index is 5.73. The molecule has 1 aliphatic heterocycles. The Bertz CT molecular complexity index is 690. The molecule has 0 bridgehead atoms. The fourth-order valence-electron chi connectivity index (χ4n) is 3.47. The first-order chi connectivity index (χ1) is 13.0. The van der Waals surface area contributed by atoms with Crippen molar-refractivity contribution in [3.63, 3.8) is 0 Å². The molecule has 3 rings (SSSR count). The largest absolute Gasteiger partial charge is 0.399 e. The Labute approximate surface area is 162 Å². The molecular formula is C21H33N6+. The van der Waals surface area contributed by atoms with E-state index in [1.165, 1.54) is 13.1 Å². The van der Waals surface area contributed by atoms with E-state index >= 15 is 0 Å². The molecule has 6 N–H and O–H groups in total. The van der Waals surface area contributed by atoms with Crippen molar-refractivity contribution in [1.82, 2.24) is 4.90 Å². The summed E-state index contributed by atoms with van der Waals surface area (Å²) in [5.74, 6) is 0. The zero-order valence-corrected chi connectivity index (χ0v) is 16.3. The van der Waals surface area contributed by atoms with Crippen LogP contribution in [-0.2, 0) is 0 Å². The first-order valence-electron chi connectivity index (χ1n) is 9.77. The quantitative estimate of drug-likeness (QED) is 0.423. The number of quaternary nitrogens is 1. The molecule has 0 amide bonds. The highest BCUT2D eigenvalue weighted by atomic mass is 15.4. The van der Waals surface area contributed by atoms with Gasteiger partial charge in [-0.1, -0.05) is 0 Å². The average Bonchev–Trinajstić information content (AvgIpc) is 2.67. The summed E-state index contributed by atoms with van der Waals surface area (Å²) in [7, 11) is 2.37. The number of hydrogen-bond donors (Lipinski definition) is 4. The lowest BCUT2D eigenvalue weighted by atomic mass is 10.2. The first kappa shape index (κ1) is 19.3. The lowest BCUT2D eigenvalue weighted by Crippen LogP contribution is -2.59. The maximum atomic E-state index is 5.73. The Kier molecular flexibility index (Phi) is 6.42. The highest BCUT2D eigenvalue weighted by Gasteiger charge is 2.27. The molecule has 1 fully saturated rings. The Morgan fingerprint density at radius 2 is 1.30 bits per heavy atom. The van der Waals surface area contributed by atoms with Crippen molar-refractivity contribution in [2.45, 2.75) is 0 Å². The van der Waals surface area contributed by atoms with Gasteiger partial charge in [0, 0.05) is 48.9 Å². The molecular weight excluding hydrogens is 336 g/mol. The molecule has 1 aliphatic rings. The van der Waals surface area contributed by atoms with Crippen molar-refractivity contribution in [2.24, 2.45) is 0 Å². The minimum Gasteiger partial charge on any atom is -0.399 e. The molecule has 0 radical (unpaired) electrons. The number of nitrogens with one attached hydrogen (secondary N) is 2. The van der Waals surface area contributed by atoms with E-state index in [9.17, 15) is 0 Å². The highest BCUT2D eigenvalue weighted by molar-refractivity contribution is 5.51. The summed E-state index contributed by atoms with van der Waals surface area (Å²) in [5, 5.41) is 6.98. The zero-order valence-electron chi connectivity index (χ0n) is 16.3. The second kappa shape index (κ2) is 8.97. The van der Waals surface area contributed by atoms with Crippen molar-refractivity contribution in [3.05, 3.63) is 48.5 Å². The van der Waals surface area contributed by atoms with Crippen LogP contribution in [0.2, 0.25) is 0 Å². The third-order valence-electron chi connectivity index (χ3n) is 5.47. The van der Waals surface area contributed by atoms with E-state index in [0.717, 1.165) is 66.5 Å². The van der Waals surface area contributed by atoms with Crippen LogP contribution in [0.15, 0.2) is 48.5 Å². The number of nitrogen functional groups attached to an aromatic ring is 2. The second-order valence-electron chi connectivity index (χ2n) is 7.73. The van der Waals surface area contributed by atoms with E-state index in [-0.39, 0.29) is 0 Å². The normalized spacial score (nSPS) is 16.8. The van der Waals surface area contributed by atoms with Gasteiger partial charge in [0.25, 0.3) is 0 Å². The van der Waals surface area contributed by atoms with Gasteiger partial charge in [-0.15, -0.1) is 0 Å². The zero-order chi connectivity index (χ0) is 19.1. The fourth-order valence-corrected chi connectivity index (χ4v) is 3.47. The molecule has 6 nitrogen and oxygen atoms in total. The lowest BCUT2D eigenvalue weighted by Gasteiger charge is -2.42. The third kappa shape index (κ3) is 6.05. The van der Waals surface area contributed by atoms with E-state index in [2.05, 4.69) is 22.6 Å². The van der Waals surface area contributed by atoms with Crippen molar-refractivity contribution in [3.8, 4) is 0 Å². The summed E-state index contributed by atoms with van der Waals surface area (Å²) < 4.78 is 1.13. The number of hydrogen-bond acceptors (Lipinski definition) is 5. The number of anilines is 4. The SMILES string of the molecule is C[N+]1(CCNc2ccc(N)cc2)CCN(CCNc2ccc(N)cc2)CC1. The molecule has 0 spiro atoms. The molecule has 6 heteroatoms. The van der Waals surface area contributed by atoms with Crippen LogP contribution in [0.5, 0.6) is 0 Å². The van der Waals surface area contributed by atoms with Crippen LogP contribution in [0.1, 0.15) is 0 Å². The number of likely N-dealkylation sites (N-methyl/N-ethyl adjacent to an activating group) is 1. The van der Waals surface area contributed by atoms with Crippen molar-refractivity contribution >= 4 is 22.7 Å². The fraction of sp³-hybridized carbons (Fsp3) is 0.429. The number of benzene rings is 2. The van der Waals surface area contributed by atoms with Gasteiger partial charge in [-0.25, -0.2) is 0 Å². The second-order valence-corrected chi connectivity index (χ2v) is 7.73. The topological polar surface area (TPSA) is 79.3 Å². The van der Waals surface area contributed by atoms with Gasteiger partial charge in [0.15, 0.2) is 0 Å². The molecule has 0 aromatic heterocycles. The molecule has 2 aromatic carbocycles. The van der Waals surface area contributed by atoms with Gasteiger partial charge in [-0.05, 0) is 48.5 Å². The van der Waals surface area contributed by atoms with E-state index in [4.69, 9.17) is 11.5 Å². The van der Waals surface area contributed by atoms with Gasteiger partial charge in [-0.3, -0.25) is 4.90 Å². The molecule has 0 unspecified atom stereocenters. The first-order valence-corrected chi connectivity index (χ1v) is 9.77.